The van der Waals surface area contributed by atoms with Crippen LogP contribution in [0.4, 0.5) is 5.69 Å². The van der Waals surface area contributed by atoms with Gasteiger partial charge in [0.05, 0.1) is 0 Å². The normalized spacial score (nSPS) is 17.4. The lowest BCUT2D eigenvalue weighted by atomic mass is 9.76. The highest BCUT2D eigenvalue weighted by molar-refractivity contribution is 5.94. The van der Waals surface area contributed by atoms with Gasteiger partial charge in [-0.15, -0.1) is 0 Å². The highest BCUT2D eigenvalue weighted by atomic mass is 16.6. The van der Waals surface area contributed by atoms with Crippen LogP contribution in [-0.2, 0) is 9.53 Å². The third kappa shape index (κ3) is 3.28. The monoisotopic (exact) mass is 331 g/mol. The highest BCUT2D eigenvalue weighted by Gasteiger charge is 2.47. The van der Waals surface area contributed by atoms with E-state index in [9.17, 15) is 9.90 Å². The topological polar surface area (TPSA) is 49.8 Å². The van der Waals surface area contributed by atoms with E-state index in [4.69, 9.17) is 4.74 Å². The Hall–Kier alpha value is -1.97. The van der Waals surface area contributed by atoms with Crippen molar-refractivity contribution < 1.29 is 14.6 Å². The lowest BCUT2D eigenvalue weighted by Gasteiger charge is -2.44. The van der Waals surface area contributed by atoms with Gasteiger partial charge < -0.3 is 14.7 Å². The molecule has 0 radical (unpaired) electrons. The molecule has 1 heterocycles. The fourth-order valence-electron chi connectivity index (χ4n) is 3.50. The number of aliphatic hydroxyl groups is 1. The first-order valence-corrected chi connectivity index (χ1v) is 8.81. The van der Waals surface area contributed by atoms with Crippen LogP contribution in [0.1, 0.15) is 47.5 Å². The first-order valence-electron chi connectivity index (χ1n) is 8.81. The average molecular weight is 331 g/mol. The van der Waals surface area contributed by atoms with Crippen molar-refractivity contribution in [3.8, 4) is 0 Å². The van der Waals surface area contributed by atoms with Gasteiger partial charge in [0.1, 0.15) is 11.4 Å². The number of benzene rings is 1. The van der Waals surface area contributed by atoms with Crippen LogP contribution in [0.25, 0.3) is 0 Å². The van der Waals surface area contributed by atoms with Crippen molar-refractivity contribution in [1.82, 2.24) is 0 Å². The number of ether oxygens (including phenoxy) is 1. The van der Waals surface area contributed by atoms with E-state index in [1.807, 2.05) is 69.9 Å². The molecule has 132 valence electrons. The van der Waals surface area contributed by atoms with Gasteiger partial charge in [0.15, 0.2) is 5.70 Å². The van der Waals surface area contributed by atoms with Gasteiger partial charge in [-0.05, 0) is 30.4 Å². The quantitative estimate of drug-likeness (QED) is 0.770. The molecular formula is C20H29NO3. The first-order chi connectivity index (χ1) is 11.3. The molecule has 0 saturated heterocycles. The predicted molar refractivity (Wildman–Crippen MR) is 96.8 cm³/mol. The van der Waals surface area contributed by atoms with Crippen molar-refractivity contribution in [2.24, 2.45) is 11.8 Å². The van der Waals surface area contributed by atoms with Crippen LogP contribution < -0.4 is 4.90 Å². The van der Waals surface area contributed by atoms with E-state index in [1.54, 1.807) is 0 Å². The number of rotatable bonds is 6. The lowest BCUT2D eigenvalue weighted by Crippen LogP contribution is -2.50. The Morgan fingerprint density at radius 1 is 1.17 bits per heavy atom. The van der Waals surface area contributed by atoms with Crippen molar-refractivity contribution in [2.75, 3.05) is 11.4 Å². The molecule has 0 bridgehead atoms. The van der Waals surface area contributed by atoms with E-state index in [-0.39, 0.29) is 23.3 Å². The third-order valence-corrected chi connectivity index (χ3v) is 4.93. The fourth-order valence-corrected chi connectivity index (χ4v) is 3.50. The number of esters is 1. The molecule has 1 aromatic rings. The number of carbonyl (C=O) groups excluding carboxylic acids is 1. The largest absolute Gasteiger partial charge is 0.510 e. The van der Waals surface area contributed by atoms with Crippen LogP contribution in [0.2, 0.25) is 0 Å². The standard InChI is InChI=1S/C20H29NO3/c1-6-12-21(16-10-8-7-9-11-16)18-17(22)13-20(14(2)3,15(4)5)24-19(18)23/h7-11,14-15,22H,6,12-13H2,1-5H3. The Balaban J connectivity index is 2.47. The molecule has 0 amide bonds. The Morgan fingerprint density at radius 3 is 2.21 bits per heavy atom. The molecule has 1 aromatic carbocycles. The Bertz CT molecular complexity index is 597. The number of anilines is 1. The van der Waals surface area contributed by atoms with Gasteiger partial charge >= 0.3 is 5.97 Å². The first kappa shape index (κ1) is 18.4. The second-order valence-corrected chi connectivity index (χ2v) is 7.11. The summed E-state index contributed by atoms with van der Waals surface area (Å²) in [5.41, 5.74) is 0.513. The molecule has 2 rings (SSSR count). The van der Waals surface area contributed by atoms with E-state index in [1.165, 1.54) is 0 Å². The molecule has 1 aliphatic rings. The molecule has 0 unspecified atom stereocenters. The number of carbonyl (C=O) groups is 1. The van der Waals surface area contributed by atoms with Crippen molar-refractivity contribution in [1.29, 1.82) is 0 Å². The summed E-state index contributed by atoms with van der Waals surface area (Å²) in [7, 11) is 0. The predicted octanol–water partition coefficient (Wildman–Crippen LogP) is 4.67. The molecule has 0 aliphatic carbocycles. The summed E-state index contributed by atoms with van der Waals surface area (Å²) in [5.74, 6) is -0.0487. The SMILES string of the molecule is CCCN(C1=C(O)CC(C(C)C)(C(C)C)OC1=O)c1ccccc1. The highest BCUT2D eigenvalue weighted by Crippen LogP contribution is 2.41. The Morgan fingerprint density at radius 2 is 1.75 bits per heavy atom. The summed E-state index contributed by atoms with van der Waals surface area (Å²) < 4.78 is 5.93. The van der Waals surface area contributed by atoms with Crippen molar-refractivity contribution in [3.63, 3.8) is 0 Å². The number of para-hydroxylation sites is 1. The van der Waals surface area contributed by atoms with Gasteiger partial charge in [0.2, 0.25) is 0 Å². The van der Waals surface area contributed by atoms with Gasteiger partial charge in [-0.2, -0.15) is 0 Å². The second-order valence-electron chi connectivity index (χ2n) is 7.11. The zero-order chi connectivity index (χ0) is 17.9. The van der Waals surface area contributed by atoms with Crippen LogP contribution in [0.3, 0.4) is 0 Å². The van der Waals surface area contributed by atoms with E-state index < -0.39 is 11.6 Å². The summed E-state index contributed by atoms with van der Waals surface area (Å²) in [6.45, 7) is 10.8. The molecule has 0 fully saturated rings. The number of aliphatic hydroxyl groups excluding tert-OH is 1. The maximum atomic E-state index is 12.8. The minimum absolute atomic E-state index is 0.126. The molecule has 1 N–H and O–H groups in total. The van der Waals surface area contributed by atoms with Crippen LogP contribution in [0.15, 0.2) is 41.8 Å². The van der Waals surface area contributed by atoms with Gasteiger partial charge in [-0.1, -0.05) is 52.8 Å². The second kappa shape index (κ2) is 7.29. The summed E-state index contributed by atoms with van der Waals surface area (Å²) in [6.07, 6.45) is 1.22. The van der Waals surface area contributed by atoms with E-state index >= 15 is 0 Å². The summed E-state index contributed by atoms with van der Waals surface area (Å²) in [4.78, 5) is 14.7. The Labute approximate surface area is 145 Å². The van der Waals surface area contributed by atoms with Gasteiger partial charge in [-0.25, -0.2) is 4.79 Å². The number of hydrogen-bond donors (Lipinski definition) is 1. The molecule has 0 atom stereocenters. The van der Waals surface area contributed by atoms with Gasteiger partial charge in [-0.3, -0.25) is 0 Å². The number of nitrogens with zero attached hydrogens (tertiary/aromatic N) is 1. The molecule has 0 aromatic heterocycles. The fraction of sp³-hybridized carbons (Fsp3) is 0.550. The maximum absolute atomic E-state index is 12.8. The van der Waals surface area contributed by atoms with Crippen LogP contribution >= 0.6 is 0 Å². The number of cyclic esters (lactones) is 1. The zero-order valence-corrected chi connectivity index (χ0v) is 15.4. The Kier molecular flexibility index (Phi) is 5.58. The minimum atomic E-state index is -0.654. The van der Waals surface area contributed by atoms with Crippen LogP contribution in [0.5, 0.6) is 0 Å². The molecule has 1 aliphatic heterocycles. The van der Waals surface area contributed by atoms with E-state index in [0.717, 1.165) is 12.1 Å². The molecule has 4 nitrogen and oxygen atoms in total. The van der Waals surface area contributed by atoms with Crippen LogP contribution in [-0.4, -0.2) is 23.2 Å². The molecule has 24 heavy (non-hydrogen) atoms. The molecule has 4 heteroatoms. The zero-order valence-electron chi connectivity index (χ0n) is 15.4. The van der Waals surface area contributed by atoms with Crippen molar-refractivity contribution in [2.45, 2.75) is 53.1 Å². The van der Waals surface area contributed by atoms with Crippen molar-refractivity contribution in [3.05, 3.63) is 41.8 Å². The molecular weight excluding hydrogens is 302 g/mol. The minimum Gasteiger partial charge on any atom is -0.510 e. The summed E-state index contributed by atoms with van der Waals surface area (Å²) >= 11 is 0. The van der Waals surface area contributed by atoms with E-state index in [0.29, 0.717) is 13.0 Å². The smallest absolute Gasteiger partial charge is 0.359 e. The van der Waals surface area contributed by atoms with Crippen LogP contribution in [0, 0.1) is 11.8 Å². The van der Waals surface area contributed by atoms with Gasteiger partial charge in [0.25, 0.3) is 0 Å². The van der Waals surface area contributed by atoms with Crippen molar-refractivity contribution >= 4 is 11.7 Å². The van der Waals surface area contributed by atoms with Gasteiger partial charge in [0, 0.05) is 18.7 Å². The maximum Gasteiger partial charge on any atom is 0.359 e. The van der Waals surface area contributed by atoms with E-state index in [2.05, 4.69) is 0 Å². The average Bonchev–Trinajstić information content (AvgIpc) is 2.53. The molecule has 0 spiro atoms. The summed E-state index contributed by atoms with van der Waals surface area (Å²) in [6, 6.07) is 9.67. The summed E-state index contributed by atoms with van der Waals surface area (Å²) in [5, 5.41) is 10.8. The number of hydrogen-bond acceptors (Lipinski definition) is 4. The third-order valence-electron chi connectivity index (χ3n) is 4.93. The lowest BCUT2D eigenvalue weighted by molar-refractivity contribution is -0.172. The molecule has 0 saturated carbocycles.